The molecule has 0 aliphatic heterocycles. The van der Waals surface area contributed by atoms with Gasteiger partial charge in [-0.05, 0) is 148 Å². The summed E-state index contributed by atoms with van der Waals surface area (Å²) < 4.78 is 0. The molecule has 0 aromatic heterocycles. The number of rotatable bonds is 2. The molecule has 0 atom stereocenters. The van der Waals surface area contributed by atoms with E-state index in [4.69, 9.17) is 0 Å². The van der Waals surface area contributed by atoms with E-state index in [1.54, 1.807) is 0 Å². The van der Waals surface area contributed by atoms with Crippen molar-refractivity contribution in [3.05, 3.63) is 194 Å². The third kappa shape index (κ3) is 4.03. The van der Waals surface area contributed by atoms with E-state index in [9.17, 15) is 0 Å². The molecule has 0 saturated carbocycles. The molecule has 13 rings (SSSR count). The van der Waals surface area contributed by atoms with Crippen LogP contribution >= 0.6 is 0 Å². The molecule has 0 radical (unpaired) electrons. The first-order chi connectivity index (χ1) is 27.8. The smallest absolute Gasteiger partial charge is 0.00199 e. The zero-order valence-electron chi connectivity index (χ0n) is 30.5. The summed E-state index contributed by atoms with van der Waals surface area (Å²) in [5.41, 5.74) is 5.05. The Balaban J connectivity index is 1.20. The van der Waals surface area contributed by atoms with E-state index in [1.165, 1.54) is 130 Å². The van der Waals surface area contributed by atoms with Crippen LogP contribution < -0.4 is 0 Å². The summed E-state index contributed by atoms with van der Waals surface area (Å²) >= 11 is 0. The van der Waals surface area contributed by atoms with Gasteiger partial charge in [0.15, 0.2) is 0 Å². The first-order valence-corrected chi connectivity index (χ1v) is 19.6. The molecule has 56 heavy (non-hydrogen) atoms. The summed E-state index contributed by atoms with van der Waals surface area (Å²) in [4.78, 5) is 0. The second-order valence-corrected chi connectivity index (χ2v) is 15.5. The predicted molar refractivity (Wildman–Crippen MR) is 244 cm³/mol. The van der Waals surface area contributed by atoms with Gasteiger partial charge in [0.2, 0.25) is 0 Å². The standard InChI is InChI=1S/C56H32/c1-2-14-41-33(10-1)22-23-34-24-28-39(31-49(34)41)51-42-15-3-5-17-44(42)52(45-18-6-4-16-43(45)51)40-30-38-29-27-37-12-8-20-47-46-19-7-11-35-25-26-36-13-9-21-48(55(36)53(35)46)50(32-40)56(38)54(37)47/h1-32H. The van der Waals surface area contributed by atoms with Gasteiger partial charge >= 0.3 is 0 Å². The molecule has 0 heteroatoms. The van der Waals surface area contributed by atoms with Crippen LogP contribution in [0.3, 0.4) is 0 Å². The van der Waals surface area contributed by atoms with Gasteiger partial charge in [0, 0.05) is 0 Å². The first kappa shape index (κ1) is 30.1. The Kier molecular flexibility index (Phi) is 5.98. The average Bonchev–Trinajstić information content (AvgIpc) is 3.26. The van der Waals surface area contributed by atoms with Gasteiger partial charge in [0.1, 0.15) is 0 Å². The van der Waals surface area contributed by atoms with E-state index >= 15 is 0 Å². The maximum Gasteiger partial charge on any atom is -0.00199 e. The van der Waals surface area contributed by atoms with Crippen molar-refractivity contribution in [2.45, 2.75) is 0 Å². The van der Waals surface area contributed by atoms with Gasteiger partial charge in [0.05, 0.1) is 0 Å². The van der Waals surface area contributed by atoms with Gasteiger partial charge in [-0.1, -0.05) is 176 Å². The second kappa shape index (κ2) is 11.1. The lowest BCUT2D eigenvalue weighted by Gasteiger charge is -2.20. The van der Waals surface area contributed by atoms with Crippen LogP contribution in [0.1, 0.15) is 0 Å². The maximum atomic E-state index is 2.51. The fraction of sp³-hybridized carbons (Fsp3) is 0. The van der Waals surface area contributed by atoms with Crippen molar-refractivity contribution >= 4 is 108 Å². The van der Waals surface area contributed by atoms with Gasteiger partial charge in [0.25, 0.3) is 0 Å². The minimum absolute atomic E-state index is 1.24. The normalized spacial score (nSPS) is 12.3. The van der Waals surface area contributed by atoms with Crippen LogP contribution in [0.25, 0.3) is 130 Å². The van der Waals surface area contributed by atoms with Crippen LogP contribution in [-0.4, -0.2) is 0 Å². The Hall–Kier alpha value is -7.28. The minimum Gasteiger partial charge on any atom is -0.0616 e. The summed E-state index contributed by atoms with van der Waals surface area (Å²) in [7, 11) is 0. The van der Waals surface area contributed by atoms with Gasteiger partial charge in [-0.3, -0.25) is 0 Å². The molecule has 0 spiro atoms. The van der Waals surface area contributed by atoms with E-state index in [-0.39, 0.29) is 0 Å². The lowest BCUT2D eigenvalue weighted by molar-refractivity contribution is 1.69. The number of benzene rings is 12. The van der Waals surface area contributed by atoms with E-state index in [2.05, 4.69) is 194 Å². The van der Waals surface area contributed by atoms with E-state index in [0.717, 1.165) is 0 Å². The summed E-state index contributed by atoms with van der Waals surface area (Å²) in [6.45, 7) is 0. The summed E-state index contributed by atoms with van der Waals surface area (Å²) in [6, 6.07) is 73.1. The van der Waals surface area contributed by atoms with Crippen molar-refractivity contribution < 1.29 is 0 Å². The molecule has 13 aromatic rings. The van der Waals surface area contributed by atoms with Gasteiger partial charge < -0.3 is 0 Å². The number of hydrogen-bond acceptors (Lipinski definition) is 0. The zero-order valence-corrected chi connectivity index (χ0v) is 30.5. The Bertz CT molecular complexity index is 3750. The van der Waals surface area contributed by atoms with E-state index in [1.807, 2.05) is 0 Å². The third-order valence-corrected chi connectivity index (χ3v) is 12.7. The molecule has 256 valence electrons. The van der Waals surface area contributed by atoms with Crippen molar-refractivity contribution in [1.29, 1.82) is 0 Å². The lowest BCUT2D eigenvalue weighted by atomic mass is 9.83. The molecule has 0 bridgehead atoms. The minimum atomic E-state index is 1.24. The quantitative estimate of drug-likeness (QED) is 0.124. The molecule has 0 fully saturated rings. The van der Waals surface area contributed by atoms with Gasteiger partial charge in [-0.2, -0.15) is 0 Å². The first-order valence-electron chi connectivity index (χ1n) is 19.6. The molecule has 0 aliphatic rings. The summed E-state index contributed by atoms with van der Waals surface area (Å²) in [5, 5.41) is 25.8. The fourth-order valence-corrected chi connectivity index (χ4v) is 10.3. The number of fused-ring (bicyclic) bond motifs is 7. The van der Waals surface area contributed by atoms with Gasteiger partial charge in [-0.25, -0.2) is 0 Å². The van der Waals surface area contributed by atoms with Crippen LogP contribution in [0.5, 0.6) is 0 Å². The Morgan fingerprint density at radius 1 is 0.179 bits per heavy atom. The highest BCUT2D eigenvalue weighted by atomic mass is 14.2. The average molecular weight is 705 g/mol. The van der Waals surface area contributed by atoms with Crippen molar-refractivity contribution in [2.24, 2.45) is 0 Å². The summed E-state index contributed by atoms with van der Waals surface area (Å²) in [5.74, 6) is 0. The van der Waals surface area contributed by atoms with Crippen molar-refractivity contribution in [1.82, 2.24) is 0 Å². The largest absolute Gasteiger partial charge is 0.0616 e. The van der Waals surface area contributed by atoms with Crippen molar-refractivity contribution in [3.8, 4) is 22.3 Å². The second-order valence-electron chi connectivity index (χ2n) is 15.5. The molecular formula is C56H32. The molecule has 0 unspecified atom stereocenters. The maximum absolute atomic E-state index is 2.51. The molecular weight excluding hydrogens is 673 g/mol. The highest BCUT2D eigenvalue weighted by Gasteiger charge is 2.20. The predicted octanol–water partition coefficient (Wildman–Crippen LogP) is 16.0. The van der Waals surface area contributed by atoms with Crippen LogP contribution in [0, 0.1) is 0 Å². The molecule has 0 aliphatic carbocycles. The highest BCUT2D eigenvalue weighted by Crippen LogP contribution is 2.48. The van der Waals surface area contributed by atoms with Crippen LogP contribution in [0.15, 0.2) is 194 Å². The monoisotopic (exact) mass is 704 g/mol. The Morgan fingerprint density at radius 2 is 0.536 bits per heavy atom. The van der Waals surface area contributed by atoms with Crippen LogP contribution in [-0.2, 0) is 0 Å². The van der Waals surface area contributed by atoms with Crippen molar-refractivity contribution in [3.63, 3.8) is 0 Å². The lowest BCUT2D eigenvalue weighted by Crippen LogP contribution is -1.92. The van der Waals surface area contributed by atoms with Crippen molar-refractivity contribution in [2.75, 3.05) is 0 Å². The fourth-order valence-electron chi connectivity index (χ4n) is 10.3. The molecule has 0 saturated heterocycles. The molecule has 0 heterocycles. The Morgan fingerprint density at radius 3 is 1.11 bits per heavy atom. The Labute approximate surface area is 322 Å². The molecule has 0 N–H and O–H groups in total. The number of hydrogen-bond donors (Lipinski definition) is 0. The van der Waals surface area contributed by atoms with Gasteiger partial charge in [-0.15, -0.1) is 0 Å². The zero-order chi connectivity index (χ0) is 36.5. The SMILES string of the molecule is c1ccc2c(c1)ccc1ccc(-c3c4ccccc4c(-c4cc5ccc6cccc7c8cccc9ccc%10cccc(c(c4)c5c67)c%10c98)c4ccccc34)cc12. The van der Waals surface area contributed by atoms with E-state index in [0.29, 0.717) is 0 Å². The topological polar surface area (TPSA) is 0 Å². The van der Waals surface area contributed by atoms with Crippen LogP contribution in [0.4, 0.5) is 0 Å². The highest BCUT2D eigenvalue weighted by molar-refractivity contribution is 6.37. The summed E-state index contributed by atoms with van der Waals surface area (Å²) in [6.07, 6.45) is 0. The third-order valence-electron chi connectivity index (χ3n) is 12.7. The molecule has 13 aromatic carbocycles. The molecule has 0 amide bonds. The van der Waals surface area contributed by atoms with E-state index < -0.39 is 0 Å². The molecule has 0 nitrogen and oxygen atoms in total. The van der Waals surface area contributed by atoms with Crippen LogP contribution in [0.2, 0.25) is 0 Å².